The lowest BCUT2D eigenvalue weighted by Gasteiger charge is -2.19. The van der Waals surface area contributed by atoms with E-state index in [1.54, 1.807) is 6.07 Å². The Morgan fingerprint density at radius 3 is 2.96 bits per heavy atom. The van der Waals surface area contributed by atoms with Crippen LogP contribution in [-0.4, -0.2) is 25.0 Å². The van der Waals surface area contributed by atoms with Crippen molar-refractivity contribution in [1.82, 2.24) is 0 Å². The molecular formula is C16H11BrClFN2O4. The Bertz CT molecular complexity index is 862. The van der Waals surface area contributed by atoms with Crippen LogP contribution in [0.5, 0.6) is 11.5 Å². The van der Waals surface area contributed by atoms with Gasteiger partial charge in [0.15, 0.2) is 24.8 Å². The fraction of sp³-hybridized carbons (Fsp3) is 0.125. The van der Waals surface area contributed by atoms with E-state index in [0.717, 1.165) is 0 Å². The largest absolute Gasteiger partial charge is 0.482 e. The van der Waals surface area contributed by atoms with Gasteiger partial charge in [0, 0.05) is 10.5 Å². The Labute approximate surface area is 155 Å². The monoisotopic (exact) mass is 428 g/mol. The second-order valence-electron chi connectivity index (χ2n) is 5.08. The summed E-state index contributed by atoms with van der Waals surface area (Å²) in [6.07, 6.45) is 0. The van der Waals surface area contributed by atoms with E-state index in [4.69, 9.17) is 21.1 Å². The number of benzene rings is 2. The summed E-state index contributed by atoms with van der Waals surface area (Å²) in [5, 5.41) is 5.38. The number of nitrogens with one attached hydrogen (secondary N) is 2. The van der Waals surface area contributed by atoms with Crippen LogP contribution in [-0.2, 0) is 9.59 Å². The number of ether oxygens (including phenoxy) is 2. The molecule has 0 aliphatic carbocycles. The zero-order chi connectivity index (χ0) is 18.0. The lowest BCUT2D eigenvalue weighted by atomic mass is 10.2. The highest BCUT2D eigenvalue weighted by Crippen LogP contribution is 2.36. The Balaban J connectivity index is 1.66. The van der Waals surface area contributed by atoms with Crippen molar-refractivity contribution in [2.75, 3.05) is 23.8 Å². The molecule has 0 saturated heterocycles. The number of anilines is 2. The van der Waals surface area contributed by atoms with Crippen molar-refractivity contribution in [3.8, 4) is 11.5 Å². The summed E-state index contributed by atoms with van der Waals surface area (Å²) < 4.78 is 24.6. The van der Waals surface area contributed by atoms with E-state index in [1.807, 2.05) is 0 Å². The molecule has 2 amide bonds. The molecule has 6 nitrogen and oxygen atoms in total. The molecule has 0 aromatic heterocycles. The molecule has 3 rings (SSSR count). The van der Waals surface area contributed by atoms with Crippen molar-refractivity contribution in [1.29, 1.82) is 0 Å². The average molecular weight is 430 g/mol. The molecular weight excluding hydrogens is 419 g/mol. The Morgan fingerprint density at radius 2 is 2.20 bits per heavy atom. The number of hydrogen-bond donors (Lipinski definition) is 2. The highest BCUT2D eigenvalue weighted by molar-refractivity contribution is 9.10. The molecule has 2 N–H and O–H groups in total. The van der Waals surface area contributed by atoms with Crippen LogP contribution in [0.4, 0.5) is 15.8 Å². The number of fused-ring (bicyclic) bond motifs is 1. The topological polar surface area (TPSA) is 76.7 Å². The smallest absolute Gasteiger partial charge is 0.262 e. The van der Waals surface area contributed by atoms with Gasteiger partial charge < -0.3 is 20.1 Å². The zero-order valence-corrected chi connectivity index (χ0v) is 14.9. The van der Waals surface area contributed by atoms with Gasteiger partial charge in [0.25, 0.3) is 11.8 Å². The summed E-state index contributed by atoms with van der Waals surface area (Å²) in [6, 6.07) is 7.21. The Morgan fingerprint density at radius 1 is 1.40 bits per heavy atom. The molecule has 25 heavy (non-hydrogen) atoms. The van der Waals surface area contributed by atoms with Crippen LogP contribution in [0, 0.1) is 5.82 Å². The molecule has 0 radical (unpaired) electrons. The third kappa shape index (κ3) is 4.21. The molecule has 1 aliphatic rings. The van der Waals surface area contributed by atoms with Gasteiger partial charge in [0.1, 0.15) is 5.75 Å². The molecule has 0 atom stereocenters. The summed E-state index contributed by atoms with van der Waals surface area (Å²) in [7, 11) is 0. The van der Waals surface area contributed by atoms with E-state index in [0.29, 0.717) is 21.6 Å². The van der Waals surface area contributed by atoms with Crippen molar-refractivity contribution in [2.24, 2.45) is 0 Å². The average Bonchev–Trinajstić information content (AvgIpc) is 2.55. The molecule has 0 bridgehead atoms. The first-order chi connectivity index (χ1) is 11.9. The van der Waals surface area contributed by atoms with Gasteiger partial charge in [0.2, 0.25) is 0 Å². The van der Waals surface area contributed by atoms with Gasteiger partial charge in [-0.25, -0.2) is 4.39 Å². The first-order valence-corrected chi connectivity index (χ1v) is 8.23. The van der Waals surface area contributed by atoms with Crippen molar-refractivity contribution >= 4 is 50.7 Å². The van der Waals surface area contributed by atoms with Crippen LogP contribution in [0.2, 0.25) is 5.02 Å². The summed E-state index contributed by atoms with van der Waals surface area (Å²) in [6.45, 7) is -0.516. The maximum atomic E-state index is 13.7. The number of carbonyl (C=O) groups excluding carboxylic acids is 2. The van der Waals surface area contributed by atoms with Gasteiger partial charge >= 0.3 is 0 Å². The molecule has 2 aromatic rings. The van der Waals surface area contributed by atoms with Gasteiger partial charge in [-0.15, -0.1) is 0 Å². The molecule has 9 heteroatoms. The van der Waals surface area contributed by atoms with E-state index >= 15 is 0 Å². The first-order valence-electron chi connectivity index (χ1n) is 7.06. The quantitative estimate of drug-likeness (QED) is 0.779. The molecule has 0 fully saturated rings. The third-order valence-electron chi connectivity index (χ3n) is 3.23. The minimum absolute atomic E-state index is 0.0408. The van der Waals surface area contributed by atoms with Gasteiger partial charge in [-0.3, -0.25) is 9.59 Å². The highest BCUT2D eigenvalue weighted by Gasteiger charge is 2.19. The van der Waals surface area contributed by atoms with Crippen molar-refractivity contribution in [2.45, 2.75) is 0 Å². The van der Waals surface area contributed by atoms with E-state index in [9.17, 15) is 14.0 Å². The molecule has 1 heterocycles. The second-order valence-corrected chi connectivity index (χ2v) is 6.40. The fourth-order valence-electron chi connectivity index (χ4n) is 2.12. The van der Waals surface area contributed by atoms with Gasteiger partial charge in [-0.1, -0.05) is 27.5 Å². The van der Waals surface area contributed by atoms with Crippen LogP contribution >= 0.6 is 27.5 Å². The number of amides is 2. The van der Waals surface area contributed by atoms with Crippen LogP contribution in [0.15, 0.2) is 34.8 Å². The van der Waals surface area contributed by atoms with E-state index in [-0.39, 0.29) is 23.3 Å². The van der Waals surface area contributed by atoms with Crippen LogP contribution < -0.4 is 20.1 Å². The second kappa shape index (κ2) is 7.28. The third-order valence-corrected chi connectivity index (χ3v) is 4.03. The lowest BCUT2D eigenvalue weighted by Crippen LogP contribution is -2.26. The lowest BCUT2D eigenvalue weighted by molar-refractivity contribution is -0.119. The Hall–Kier alpha value is -2.32. The molecule has 0 unspecified atom stereocenters. The standard InChI is InChI=1S/C16H11BrClFN2O4/c17-8-1-2-13(10(19)3-8)24-6-15(22)20-11-5-14-12(4-9(11)18)21-16(23)7-25-14/h1-5H,6-7H2,(H,20,22)(H,21,23). The normalized spacial score (nSPS) is 12.7. The predicted octanol–water partition coefficient (Wildman–Crippen LogP) is 3.59. The van der Waals surface area contributed by atoms with Crippen LogP contribution in [0.25, 0.3) is 0 Å². The minimum Gasteiger partial charge on any atom is -0.482 e. The summed E-state index contributed by atoms with van der Waals surface area (Å²) in [5.74, 6) is -1.05. The highest BCUT2D eigenvalue weighted by atomic mass is 79.9. The fourth-order valence-corrected chi connectivity index (χ4v) is 2.66. The van der Waals surface area contributed by atoms with Crippen molar-refractivity contribution in [3.05, 3.63) is 45.6 Å². The van der Waals surface area contributed by atoms with Gasteiger partial charge in [-0.2, -0.15) is 0 Å². The van der Waals surface area contributed by atoms with E-state index in [2.05, 4.69) is 26.6 Å². The first kappa shape index (κ1) is 17.5. The van der Waals surface area contributed by atoms with Crippen molar-refractivity contribution < 1.29 is 23.5 Å². The number of carbonyl (C=O) groups is 2. The predicted molar refractivity (Wildman–Crippen MR) is 93.8 cm³/mol. The van der Waals surface area contributed by atoms with Crippen LogP contribution in [0.1, 0.15) is 0 Å². The number of halogens is 3. The van der Waals surface area contributed by atoms with Gasteiger partial charge in [0.05, 0.1) is 16.4 Å². The van der Waals surface area contributed by atoms with E-state index in [1.165, 1.54) is 24.3 Å². The number of rotatable bonds is 4. The molecule has 0 saturated carbocycles. The van der Waals surface area contributed by atoms with Gasteiger partial charge in [-0.05, 0) is 24.3 Å². The summed E-state index contributed by atoms with van der Waals surface area (Å²) >= 11 is 9.22. The maximum absolute atomic E-state index is 13.7. The van der Waals surface area contributed by atoms with Crippen molar-refractivity contribution in [3.63, 3.8) is 0 Å². The van der Waals surface area contributed by atoms with Crippen LogP contribution in [0.3, 0.4) is 0 Å². The number of hydrogen-bond acceptors (Lipinski definition) is 4. The maximum Gasteiger partial charge on any atom is 0.262 e. The molecule has 1 aliphatic heterocycles. The Kier molecular flexibility index (Phi) is 5.10. The SMILES string of the molecule is O=C(COc1ccc(Br)cc1F)Nc1cc2c(cc1Cl)NC(=O)CO2. The summed E-state index contributed by atoms with van der Waals surface area (Å²) in [5.41, 5.74) is 0.717. The molecule has 2 aromatic carbocycles. The zero-order valence-electron chi connectivity index (χ0n) is 12.6. The minimum atomic E-state index is -0.585. The van der Waals surface area contributed by atoms with E-state index < -0.39 is 18.3 Å². The summed E-state index contributed by atoms with van der Waals surface area (Å²) in [4.78, 5) is 23.3. The molecule has 130 valence electrons. The molecule has 0 spiro atoms.